The minimum atomic E-state index is -3.46. The van der Waals surface area contributed by atoms with Gasteiger partial charge in [-0.3, -0.25) is 35.1 Å². The quantitative estimate of drug-likeness (QED) is 0.0652. The Labute approximate surface area is 188 Å². The zero-order valence-corrected chi connectivity index (χ0v) is 18.5. The van der Waals surface area contributed by atoms with Crippen LogP contribution < -0.4 is 0 Å². The fourth-order valence-corrected chi connectivity index (χ4v) is 2.94. The summed E-state index contributed by atoms with van der Waals surface area (Å²) in [6.45, 7) is 2.19. The van der Waals surface area contributed by atoms with Crippen molar-refractivity contribution >= 4 is 6.29 Å². The number of carbonyl (C=O) groups is 1. The van der Waals surface area contributed by atoms with E-state index in [0.29, 0.717) is 12.8 Å². The molecule has 178 valence electrons. The number of nitrogens with zero attached hydrogens (tertiary/aromatic N) is 3. The fourth-order valence-electron chi connectivity index (χ4n) is 2.94. The fraction of sp³-hybridized carbons (Fsp3) is 0.591. The van der Waals surface area contributed by atoms with Gasteiger partial charge in [0.25, 0.3) is 6.29 Å². The third kappa shape index (κ3) is 10.7. The van der Waals surface area contributed by atoms with Crippen molar-refractivity contribution in [2.75, 3.05) is 0 Å². The summed E-state index contributed by atoms with van der Waals surface area (Å²) in [4.78, 5) is 40.1. The SMILES string of the molecule is CCCCC/C=C/C/C=C/C/C=C/C/C=C/CCCC([N+](=O)[O-])C(C=O)([N+](=O)[O-])[N+](=O)[O-]. The standard InChI is InChI=1S/C22H33N3O7/c1-2-3-4-5-6-7-8-9-10-11-12-13-14-15-16-17-18-19-21(23(27)28)22(20-26,24(29)30)25(31)32/h6-7,9-10,12-13,15-16,20-21H,2-5,8,11,14,17-19H2,1H3/b7-6+,10-9+,13-12+,16-15+. The lowest BCUT2D eigenvalue weighted by Gasteiger charge is -2.15. The van der Waals surface area contributed by atoms with Crippen molar-refractivity contribution in [3.8, 4) is 0 Å². The summed E-state index contributed by atoms with van der Waals surface area (Å²) >= 11 is 0. The number of allylic oxidation sites excluding steroid dienone is 8. The highest BCUT2D eigenvalue weighted by Crippen LogP contribution is 2.22. The van der Waals surface area contributed by atoms with Gasteiger partial charge in [0.2, 0.25) is 0 Å². The van der Waals surface area contributed by atoms with E-state index in [1.54, 1.807) is 6.08 Å². The first-order valence-corrected chi connectivity index (χ1v) is 10.8. The second-order valence-electron chi connectivity index (χ2n) is 7.24. The van der Waals surface area contributed by atoms with Crippen LogP contribution in [0.25, 0.3) is 0 Å². The van der Waals surface area contributed by atoms with E-state index in [1.807, 2.05) is 18.2 Å². The van der Waals surface area contributed by atoms with Gasteiger partial charge in [0.15, 0.2) is 0 Å². The van der Waals surface area contributed by atoms with Gasteiger partial charge in [0.1, 0.15) is 9.85 Å². The van der Waals surface area contributed by atoms with Crippen LogP contribution in [0.5, 0.6) is 0 Å². The summed E-state index contributed by atoms with van der Waals surface area (Å²) in [7, 11) is 0. The molecule has 0 rings (SSSR count). The molecule has 0 heterocycles. The Kier molecular flexibility index (Phi) is 15.8. The topological polar surface area (TPSA) is 146 Å². The Morgan fingerprint density at radius 1 is 0.719 bits per heavy atom. The van der Waals surface area contributed by atoms with Gasteiger partial charge >= 0.3 is 11.7 Å². The molecule has 10 heteroatoms. The van der Waals surface area contributed by atoms with Crippen molar-refractivity contribution in [1.82, 2.24) is 0 Å². The van der Waals surface area contributed by atoms with Crippen LogP contribution >= 0.6 is 0 Å². The molecule has 0 radical (unpaired) electrons. The first-order valence-electron chi connectivity index (χ1n) is 10.8. The van der Waals surface area contributed by atoms with Crippen molar-refractivity contribution in [2.45, 2.75) is 82.8 Å². The minimum absolute atomic E-state index is 0.109. The average Bonchev–Trinajstić information content (AvgIpc) is 2.74. The summed E-state index contributed by atoms with van der Waals surface area (Å²) < 4.78 is 0. The lowest BCUT2D eigenvalue weighted by atomic mass is 9.97. The van der Waals surface area contributed by atoms with E-state index in [0.717, 1.165) is 19.3 Å². The Hall–Kier alpha value is -3.17. The van der Waals surface area contributed by atoms with Crippen molar-refractivity contribution < 1.29 is 19.6 Å². The minimum Gasteiger partial charge on any atom is -0.287 e. The third-order valence-corrected chi connectivity index (χ3v) is 4.81. The largest absolute Gasteiger partial charge is 0.577 e. The molecule has 0 spiro atoms. The lowest BCUT2D eigenvalue weighted by molar-refractivity contribution is -0.812. The molecule has 0 aromatic rings. The van der Waals surface area contributed by atoms with Gasteiger partial charge in [-0.2, -0.15) is 0 Å². The van der Waals surface area contributed by atoms with Gasteiger partial charge < -0.3 is 0 Å². The van der Waals surface area contributed by atoms with Gasteiger partial charge in [-0.05, 0) is 44.9 Å². The molecule has 32 heavy (non-hydrogen) atoms. The molecule has 0 aromatic heterocycles. The van der Waals surface area contributed by atoms with E-state index in [9.17, 15) is 35.1 Å². The van der Waals surface area contributed by atoms with E-state index in [1.165, 1.54) is 19.3 Å². The van der Waals surface area contributed by atoms with E-state index < -0.39 is 39.2 Å². The van der Waals surface area contributed by atoms with E-state index >= 15 is 0 Å². The summed E-state index contributed by atoms with van der Waals surface area (Å²) in [5, 5.41) is 33.2. The molecule has 0 aliphatic heterocycles. The second-order valence-corrected chi connectivity index (χ2v) is 7.24. The molecule has 10 nitrogen and oxygen atoms in total. The first-order chi connectivity index (χ1) is 15.3. The van der Waals surface area contributed by atoms with Gasteiger partial charge in [0.05, 0.1) is 0 Å². The number of hydrogen-bond acceptors (Lipinski definition) is 7. The zero-order chi connectivity index (χ0) is 24.2. The summed E-state index contributed by atoms with van der Waals surface area (Å²) in [5.74, 6) is 0. The number of hydrogen-bond donors (Lipinski definition) is 0. The second kappa shape index (κ2) is 17.5. The molecule has 0 saturated carbocycles. The maximum Gasteiger partial charge on any atom is 0.577 e. The molecular formula is C22H33N3O7. The Morgan fingerprint density at radius 3 is 1.53 bits per heavy atom. The molecule has 0 aromatic carbocycles. The normalized spacial score (nSPS) is 13.4. The number of aldehydes is 1. The predicted molar refractivity (Wildman–Crippen MR) is 122 cm³/mol. The molecule has 0 N–H and O–H groups in total. The van der Waals surface area contributed by atoms with Crippen molar-refractivity contribution in [2.24, 2.45) is 0 Å². The molecule has 0 aliphatic carbocycles. The average molecular weight is 452 g/mol. The van der Waals surface area contributed by atoms with Crippen molar-refractivity contribution in [3.63, 3.8) is 0 Å². The molecule has 0 aliphatic rings. The number of rotatable bonds is 19. The zero-order valence-electron chi connectivity index (χ0n) is 18.5. The number of unbranched alkanes of at least 4 members (excludes halogenated alkanes) is 4. The molecule has 0 amide bonds. The monoisotopic (exact) mass is 451 g/mol. The van der Waals surface area contributed by atoms with Gasteiger partial charge in [-0.15, -0.1) is 0 Å². The van der Waals surface area contributed by atoms with Gasteiger partial charge in [0, 0.05) is 11.3 Å². The van der Waals surface area contributed by atoms with Crippen LogP contribution in [0.3, 0.4) is 0 Å². The van der Waals surface area contributed by atoms with Gasteiger partial charge in [-0.1, -0.05) is 68.4 Å². The van der Waals surface area contributed by atoms with Crippen LogP contribution in [-0.2, 0) is 4.79 Å². The van der Waals surface area contributed by atoms with Crippen LogP contribution in [0.2, 0.25) is 0 Å². The third-order valence-electron chi connectivity index (χ3n) is 4.81. The predicted octanol–water partition coefficient (Wildman–Crippen LogP) is 5.23. The molecule has 0 saturated heterocycles. The number of nitro groups is 3. The summed E-state index contributed by atoms with van der Waals surface area (Å²) in [6, 6.07) is -2.23. The number of carbonyl (C=O) groups excluding carboxylic acids is 1. The van der Waals surface area contributed by atoms with Crippen LogP contribution in [-0.4, -0.2) is 32.8 Å². The van der Waals surface area contributed by atoms with Crippen LogP contribution in [0.4, 0.5) is 0 Å². The smallest absolute Gasteiger partial charge is 0.287 e. The van der Waals surface area contributed by atoms with E-state index in [4.69, 9.17) is 0 Å². The Bertz CT molecular complexity index is 700. The van der Waals surface area contributed by atoms with Crippen LogP contribution in [0, 0.1) is 30.3 Å². The van der Waals surface area contributed by atoms with Crippen LogP contribution in [0.15, 0.2) is 48.6 Å². The lowest BCUT2D eigenvalue weighted by Crippen LogP contribution is -2.60. The summed E-state index contributed by atoms with van der Waals surface area (Å²) in [5.41, 5.74) is -3.46. The molecule has 1 unspecified atom stereocenters. The van der Waals surface area contributed by atoms with Crippen molar-refractivity contribution in [1.29, 1.82) is 0 Å². The van der Waals surface area contributed by atoms with Crippen LogP contribution in [0.1, 0.15) is 71.1 Å². The van der Waals surface area contributed by atoms with E-state index in [-0.39, 0.29) is 6.42 Å². The maximum atomic E-state index is 11.1. The first kappa shape index (κ1) is 28.8. The van der Waals surface area contributed by atoms with Crippen molar-refractivity contribution in [3.05, 3.63) is 79.0 Å². The summed E-state index contributed by atoms with van der Waals surface area (Å²) in [6.07, 6.45) is 22.9. The molecule has 0 bridgehead atoms. The Morgan fingerprint density at radius 2 is 1.16 bits per heavy atom. The molecule has 0 fully saturated rings. The highest BCUT2D eigenvalue weighted by molar-refractivity contribution is 5.60. The van der Waals surface area contributed by atoms with E-state index in [2.05, 4.69) is 31.2 Å². The Balaban J connectivity index is 4.24. The maximum absolute atomic E-state index is 11.1. The molecule has 1 atom stereocenters. The molecular weight excluding hydrogens is 418 g/mol. The van der Waals surface area contributed by atoms with Gasteiger partial charge in [-0.25, -0.2) is 0 Å². The highest BCUT2D eigenvalue weighted by Gasteiger charge is 2.70. The highest BCUT2D eigenvalue weighted by atomic mass is 16.7.